The summed E-state index contributed by atoms with van der Waals surface area (Å²) in [6, 6.07) is 13.8. The SMILES string of the molecule is Cc1ccc(C)c(N2C(=O)CN(S(=O)(=O)c3ccccc3)CC2(C)C(=O)NC2CCCC2)c1. The lowest BCUT2D eigenvalue weighted by atomic mass is 9.92. The first-order valence-electron chi connectivity index (χ1n) is 11.4. The van der Waals surface area contributed by atoms with Gasteiger partial charge in [-0.3, -0.25) is 14.5 Å². The van der Waals surface area contributed by atoms with E-state index >= 15 is 0 Å². The van der Waals surface area contributed by atoms with Crippen LogP contribution in [0.15, 0.2) is 53.4 Å². The molecule has 1 saturated carbocycles. The predicted molar refractivity (Wildman–Crippen MR) is 127 cm³/mol. The highest BCUT2D eigenvalue weighted by Gasteiger charge is 2.51. The summed E-state index contributed by atoms with van der Waals surface area (Å²) in [6.07, 6.45) is 3.89. The summed E-state index contributed by atoms with van der Waals surface area (Å²) >= 11 is 0. The number of nitrogens with one attached hydrogen (secondary N) is 1. The monoisotopic (exact) mass is 469 g/mol. The number of sulfonamides is 1. The second-order valence-electron chi connectivity index (χ2n) is 9.33. The Morgan fingerprint density at radius 1 is 1.06 bits per heavy atom. The fourth-order valence-corrected chi connectivity index (χ4v) is 6.32. The van der Waals surface area contributed by atoms with Crippen molar-refractivity contribution in [3.8, 4) is 0 Å². The molecule has 2 aliphatic rings. The maximum Gasteiger partial charge on any atom is 0.247 e. The standard InChI is InChI=1S/C25H31N3O4S/c1-18-13-14-19(2)22(15-18)28-23(29)16-27(33(31,32)21-11-5-4-6-12-21)17-25(28,3)24(30)26-20-9-7-8-10-20/h4-6,11-15,20H,7-10,16-17H2,1-3H3,(H,26,30). The first-order valence-corrected chi connectivity index (χ1v) is 12.8. The minimum Gasteiger partial charge on any atom is -0.351 e. The van der Waals surface area contributed by atoms with E-state index in [-0.39, 0.29) is 29.9 Å². The van der Waals surface area contributed by atoms with E-state index in [1.807, 2.05) is 32.0 Å². The quantitative estimate of drug-likeness (QED) is 0.729. The van der Waals surface area contributed by atoms with Crippen LogP contribution in [0.1, 0.15) is 43.7 Å². The number of nitrogens with zero attached hydrogens (tertiary/aromatic N) is 2. The summed E-state index contributed by atoms with van der Waals surface area (Å²) in [6.45, 7) is 5.05. The van der Waals surface area contributed by atoms with Gasteiger partial charge in [0, 0.05) is 18.3 Å². The fourth-order valence-electron chi connectivity index (χ4n) is 4.82. The van der Waals surface area contributed by atoms with Crippen LogP contribution in [0, 0.1) is 13.8 Å². The number of anilines is 1. The van der Waals surface area contributed by atoms with E-state index in [0.717, 1.165) is 41.1 Å². The molecule has 0 radical (unpaired) electrons. The Labute approximate surface area is 195 Å². The summed E-state index contributed by atoms with van der Waals surface area (Å²) in [5.41, 5.74) is 1.06. The van der Waals surface area contributed by atoms with Crippen molar-refractivity contribution in [1.82, 2.24) is 9.62 Å². The zero-order valence-corrected chi connectivity index (χ0v) is 20.2. The first-order chi connectivity index (χ1) is 15.6. The van der Waals surface area contributed by atoms with Crippen molar-refractivity contribution in [1.29, 1.82) is 0 Å². The molecule has 1 aliphatic heterocycles. The van der Waals surface area contributed by atoms with Gasteiger partial charge in [0.2, 0.25) is 21.8 Å². The lowest BCUT2D eigenvalue weighted by Gasteiger charge is -2.47. The average Bonchev–Trinajstić information content (AvgIpc) is 3.29. The molecule has 176 valence electrons. The van der Waals surface area contributed by atoms with Crippen molar-refractivity contribution in [2.24, 2.45) is 0 Å². The van der Waals surface area contributed by atoms with Crippen LogP contribution in [0.3, 0.4) is 0 Å². The molecule has 1 aliphatic carbocycles. The van der Waals surface area contributed by atoms with Crippen molar-refractivity contribution >= 4 is 27.5 Å². The topological polar surface area (TPSA) is 86.8 Å². The van der Waals surface area contributed by atoms with Gasteiger partial charge in [0.25, 0.3) is 0 Å². The molecule has 33 heavy (non-hydrogen) atoms. The number of carbonyl (C=O) groups excluding carboxylic acids is 2. The molecule has 7 nitrogen and oxygen atoms in total. The molecule has 2 aromatic carbocycles. The van der Waals surface area contributed by atoms with Gasteiger partial charge in [-0.05, 0) is 62.9 Å². The van der Waals surface area contributed by atoms with Crippen molar-refractivity contribution in [3.63, 3.8) is 0 Å². The molecule has 4 rings (SSSR count). The number of hydrogen-bond donors (Lipinski definition) is 1. The molecule has 1 unspecified atom stereocenters. The molecule has 8 heteroatoms. The van der Waals surface area contributed by atoms with Crippen molar-refractivity contribution in [2.75, 3.05) is 18.0 Å². The third-order valence-corrected chi connectivity index (χ3v) is 8.51. The van der Waals surface area contributed by atoms with E-state index in [1.165, 1.54) is 17.0 Å². The van der Waals surface area contributed by atoms with Gasteiger partial charge >= 0.3 is 0 Å². The highest BCUT2D eigenvalue weighted by Crippen LogP contribution is 2.35. The number of hydrogen-bond acceptors (Lipinski definition) is 4. The Morgan fingerprint density at radius 3 is 2.39 bits per heavy atom. The van der Waals surface area contributed by atoms with Gasteiger partial charge in [0.1, 0.15) is 5.54 Å². The van der Waals surface area contributed by atoms with Crippen LogP contribution in [0.2, 0.25) is 0 Å². The van der Waals surface area contributed by atoms with Gasteiger partial charge in [-0.2, -0.15) is 4.31 Å². The number of carbonyl (C=O) groups is 2. The Bertz CT molecular complexity index is 1160. The van der Waals surface area contributed by atoms with Crippen LogP contribution in [-0.4, -0.2) is 49.2 Å². The largest absolute Gasteiger partial charge is 0.351 e. The third kappa shape index (κ3) is 4.42. The Balaban J connectivity index is 1.77. The van der Waals surface area contributed by atoms with Crippen LogP contribution in [0.4, 0.5) is 5.69 Å². The van der Waals surface area contributed by atoms with Crippen LogP contribution in [0.25, 0.3) is 0 Å². The summed E-state index contributed by atoms with van der Waals surface area (Å²) in [4.78, 5) is 28.8. The third-order valence-electron chi connectivity index (χ3n) is 6.70. The normalized spacial score (nSPS) is 22.5. The van der Waals surface area contributed by atoms with Crippen LogP contribution >= 0.6 is 0 Å². The van der Waals surface area contributed by atoms with Crippen molar-refractivity contribution < 1.29 is 18.0 Å². The van der Waals surface area contributed by atoms with Crippen molar-refractivity contribution in [3.05, 3.63) is 59.7 Å². The molecule has 0 bridgehead atoms. The minimum atomic E-state index is -3.94. The Kier molecular flexibility index (Phi) is 6.33. The van der Waals surface area contributed by atoms with Gasteiger partial charge in [-0.1, -0.05) is 43.2 Å². The number of aryl methyl sites for hydroxylation is 2. The molecule has 1 atom stereocenters. The number of piperazine rings is 1. The molecular formula is C25H31N3O4S. The molecule has 2 aromatic rings. The zero-order chi connectivity index (χ0) is 23.8. The van der Waals surface area contributed by atoms with E-state index in [4.69, 9.17) is 0 Å². The van der Waals surface area contributed by atoms with Gasteiger partial charge < -0.3 is 5.32 Å². The minimum absolute atomic E-state index is 0.0472. The Hall–Kier alpha value is -2.71. The smallest absolute Gasteiger partial charge is 0.247 e. The second kappa shape index (κ2) is 8.91. The predicted octanol–water partition coefficient (Wildman–Crippen LogP) is 3.16. The van der Waals surface area contributed by atoms with Crippen LogP contribution in [-0.2, 0) is 19.6 Å². The van der Waals surface area contributed by atoms with Crippen LogP contribution in [0.5, 0.6) is 0 Å². The average molecular weight is 470 g/mol. The molecule has 1 heterocycles. The van der Waals surface area contributed by atoms with E-state index in [1.54, 1.807) is 25.1 Å². The number of rotatable bonds is 5. The molecule has 0 spiro atoms. The van der Waals surface area contributed by atoms with E-state index in [9.17, 15) is 18.0 Å². The lowest BCUT2D eigenvalue weighted by Crippen LogP contribution is -2.70. The number of benzene rings is 2. The van der Waals surface area contributed by atoms with E-state index < -0.39 is 21.5 Å². The highest BCUT2D eigenvalue weighted by molar-refractivity contribution is 7.89. The van der Waals surface area contributed by atoms with Crippen LogP contribution < -0.4 is 10.2 Å². The summed E-state index contributed by atoms with van der Waals surface area (Å²) in [7, 11) is -3.94. The molecule has 1 saturated heterocycles. The lowest BCUT2D eigenvalue weighted by molar-refractivity contribution is -0.133. The summed E-state index contributed by atoms with van der Waals surface area (Å²) in [5, 5.41) is 3.10. The van der Waals surface area contributed by atoms with Gasteiger partial charge in [0.05, 0.1) is 11.4 Å². The maximum absolute atomic E-state index is 13.7. The summed E-state index contributed by atoms with van der Waals surface area (Å²) < 4.78 is 27.9. The fraction of sp³-hybridized carbons (Fsp3) is 0.440. The molecule has 2 fully saturated rings. The zero-order valence-electron chi connectivity index (χ0n) is 19.4. The molecular weight excluding hydrogens is 438 g/mol. The summed E-state index contributed by atoms with van der Waals surface area (Å²) in [5.74, 6) is -0.741. The number of amides is 2. The van der Waals surface area contributed by atoms with Gasteiger partial charge in [-0.15, -0.1) is 0 Å². The van der Waals surface area contributed by atoms with E-state index in [2.05, 4.69) is 5.32 Å². The maximum atomic E-state index is 13.7. The first kappa shape index (κ1) is 23.4. The molecule has 0 aromatic heterocycles. The van der Waals surface area contributed by atoms with E-state index in [0.29, 0.717) is 5.69 Å². The van der Waals surface area contributed by atoms with Crippen molar-refractivity contribution in [2.45, 2.75) is 62.9 Å². The van der Waals surface area contributed by atoms with Gasteiger partial charge in [0.15, 0.2) is 0 Å². The highest BCUT2D eigenvalue weighted by atomic mass is 32.2. The molecule has 2 amide bonds. The second-order valence-corrected chi connectivity index (χ2v) is 11.3. The Morgan fingerprint density at radius 2 is 1.73 bits per heavy atom. The molecule has 1 N–H and O–H groups in total. The van der Waals surface area contributed by atoms with Gasteiger partial charge in [-0.25, -0.2) is 8.42 Å².